The molecular formula is C15H18N4O2S. The normalized spacial score (nSPS) is 18.0. The maximum Gasteiger partial charge on any atom is 0.317 e. The molecule has 0 bridgehead atoms. The third kappa shape index (κ3) is 3.94. The van der Waals surface area contributed by atoms with Crippen molar-refractivity contribution >= 4 is 17.4 Å². The van der Waals surface area contributed by atoms with Gasteiger partial charge in [0.2, 0.25) is 5.88 Å². The quantitative estimate of drug-likeness (QED) is 0.939. The zero-order chi connectivity index (χ0) is 15.2. The van der Waals surface area contributed by atoms with Crippen molar-refractivity contribution in [2.75, 3.05) is 13.1 Å². The summed E-state index contributed by atoms with van der Waals surface area (Å²) in [7, 11) is 0. The number of nitrogens with one attached hydrogen (secondary N) is 1. The average Bonchev–Trinajstić information content (AvgIpc) is 3.07. The highest BCUT2D eigenvalue weighted by Gasteiger charge is 2.25. The van der Waals surface area contributed by atoms with Crippen LogP contribution in [-0.4, -0.2) is 40.1 Å². The number of piperidine rings is 1. The van der Waals surface area contributed by atoms with Gasteiger partial charge in [-0.2, -0.15) is 0 Å². The van der Waals surface area contributed by atoms with Crippen molar-refractivity contribution in [3.8, 4) is 5.88 Å². The minimum absolute atomic E-state index is 0.0297. The van der Waals surface area contributed by atoms with Crippen LogP contribution in [0.4, 0.5) is 4.79 Å². The molecule has 22 heavy (non-hydrogen) atoms. The molecule has 1 atom stereocenters. The summed E-state index contributed by atoms with van der Waals surface area (Å²) >= 11 is 1.64. The first-order chi connectivity index (χ1) is 10.8. The lowest BCUT2D eigenvalue weighted by Crippen LogP contribution is -2.48. The molecule has 2 aromatic heterocycles. The third-order valence-corrected chi connectivity index (χ3v) is 4.36. The zero-order valence-corrected chi connectivity index (χ0v) is 13.0. The number of carbonyl (C=O) groups is 1. The highest BCUT2D eigenvalue weighted by atomic mass is 32.1. The Bertz CT molecular complexity index is 591. The van der Waals surface area contributed by atoms with E-state index >= 15 is 0 Å². The maximum absolute atomic E-state index is 12.2. The topological polar surface area (TPSA) is 67.4 Å². The van der Waals surface area contributed by atoms with Gasteiger partial charge < -0.3 is 15.0 Å². The Balaban J connectivity index is 1.50. The Labute approximate surface area is 133 Å². The number of hydrogen-bond acceptors (Lipinski definition) is 5. The van der Waals surface area contributed by atoms with Gasteiger partial charge in [-0.1, -0.05) is 6.07 Å². The summed E-state index contributed by atoms with van der Waals surface area (Å²) in [4.78, 5) is 23.3. The minimum Gasteiger partial charge on any atom is -0.471 e. The van der Waals surface area contributed by atoms with Gasteiger partial charge in [0.05, 0.1) is 19.3 Å². The van der Waals surface area contributed by atoms with Crippen LogP contribution in [0.25, 0.3) is 0 Å². The molecule has 0 spiro atoms. The SMILES string of the molecule is O=C(NCc1cccs1)N1CCC[C@@H](Oc2cnccn2)C1. The Hall–Kier alpha value is -2.15. The van der Waals surface area contributed by atoms with E-state index in [2.05, 4.69) is 15.3 Å². The number of ether oxygens (including phenoxy) is 1. The number of aromatic nitrogens is 2. The molecule has 1 saturated heterocycles. The van der Waals surface area contributed by atoms with Crippen molar-refractivity contribution in [1.29, 1.82) is 0 Å². The van der Waals surface area contributed by atoms with Gasteiger partial charge in [0.1, 0.15) is 6.10 Å². The van der Waals surface area contributed by atoms with E-state index in [4.69, 9.17) is 4.74 Å². The number of thiophene rings is 1. The van der Waals surface area contributed by atoms with E-state index in [1.54, 1.807) is 34.8 Å². The number of carbonyl (C=O) groups excluding carboxylic acids is 1. The first-order valence-electron chi connectivity index (χ1n) is 7.29. The molecule has 2 amide bonds. The molecule has 3 heterocycles. The van der Waals surface area contributed by atoms with Crippen molar-refractivity contribution in [2.24, 2.45) is 0 Å². The molecule has 0 radical (unpaired) electrons. The molecule has 7 heteroatoms. The van der Waals surface area contributed by atoms with Crippen LogP contribution in [0.1, 0.15) is 17.7 Å². The van der Waals surface area contributed by atoms with Gasteiger partial charge in [0.25, 0.3) is 0 Å². The lowest BCUT2D eigenvalue weighted by Gasteiger charge is -2.32. The van der Waals surface area contributed by atoms with E-state index in [0.29, 0.717) is 19.0 Å². The number of likely N-dealkylation sites (tertiary alicyclic amines) is 1. The van der Waals surface area contributed by atoms with Crippen molar-refractivity contribution in [1.82, 2.24) is 20.2 Å². The average molecular weight is 318 g/mol. The minimum atomic E-state index is -0.0409. The van der Waals surface area contributed by atoms with Crippen LogP contribution in [0.3, 0.4) is 0 Å². The Morgan fingerprint density at radius 1 is 1.50 bits per heavy atom. The van der Waals surface area contributed by atoms with Crippen LogP contribution in [0.5, 0.6) is 5.88 Å². The lowest BCUT2D eigenvalue weighted by atomic mass is 10.1. The van der Waals surface area contributed by atoms with Crippen molar-refractivity contribution in [3.63, 3.8) is 0 Å². The fraction of sp³-hybridized carbons (Fsp3) is 0.400. The molecule has 3 rings (SSSR count). The second-order valence-electron chi connectivity index (χ2n) is 5.11. The van der Waals surface area contributed by atoms with Crippen molar-refractivity contribution in [3.05, 3.63) is 41.0 Å². The van der Waals surface area contributed by atoms with Gasteiger partial charge in [-0.3, -0.25) is 4.98 Å². The largest absolute Gasteiger partial charge is 0.471 e. The standard InChI is InChI=1S/C15H18N4O2S/c20-15(18-9-13-4-2-8-22-13)19-7-1-3-12(11-19)21-14-10-16-5-6-17-14/h2,4-6,8,10,12H,1,3,7,9,11H2,(H,18,20)/t12-/m1/s1. The molecule has 0 unspecified atom stereocenters. The number of rotatable bonds is 4. The highest BCUT2D eigenvalue weighted by molar-refractivity contribution is 7.09. The molecule has 0 saturated carbocycles. The molecule has 1 N–H and O–H groups in total. The van der Waals surface area contributed by atoms with Gasteiger partial charge in [-0.05, 0) is 24.3 Å². The second-order valence-corrected chi connectivity index (χ2v) is 6.14. The molecule has 6 nitrogen and oxygen atoms in total. The number of hydrogen-bond donors (Lipinski definition) is 1. The Morgan fingerprint density at radius 3 is 3.23 bits per heavy atom. The van der Waals surface area contributed by atoms with E-state index < -0.39 is 0 Å². The first kappa shape index (κ1) is 14.8. The van der Waals surface area contributed by atoms with Crippen LogP contribution < -0.4 is 10.1 Å². The van der Waals surface area contributed by atoms with Crippen LogP contribution in [0.2, 0.25) is 0 Å². The van der Waals surface area contributed by atoms with E-state index in [0.717, 1.165) is 24.3 Å². The molecule has 1 aliphatic heterocycles. The summed E-state index contributed by atoms with van der Waals surface area (Å²) in [6.07, 6.45) is 6.62. The van der Waals surface area contributed by atoms with E-state index in [9.17, 15) is 4.79 Å². The van der Waals surface area contributed by atoms with Gasteiger partial charge in [0.15, 0.2) is 0 Å². The zero-order valence-electron chi connectivity index (χ0n) is 12.1. The van der Waals surface area contributed by atoms with Gasteiger partial charge in [-0.25, -0.2) is 9.78 Å². The summed E-state index contributed by atoms with van der Waals surface area (Å²) in [5, 5.41) is 4.96. The summed E-state index contributed by atoms with van der Waals surface area (Å²) in [6, 6.07) is 3.96. The summed E-state index contributed by atoms with van der Waals surface area (Å²) in [6.45, 7) is 1.91. The second kappa shape index (κ2) is 7.22. The van der Waals surface area contributed by atoms with E-state index in [1.807, 2.05) is 17.5 Å². The number of urea groups is 1. The molecule has 0 aromatic carbocycles. The smallest absolute Gasteiger partial charge is 0.317 e. The van der Waals surface area contributed by atoms with E-state index in [1.165, 1.54) is 0 Å². The first-order valence-corrected chi connectivity index (χ1v) is 8.17. The fourth-order valence-corrected chi connectivity index (χ4v) is 3.07. The van der Waals surface area contributed by atoms with Crippen molar-refractivity contribution in [2.45, 2.75) is 25.5 Å². The maximum atomic E-state index is 12.2. The highest BCUT2D eigenvalue weighted by Crippen LogP contribution is 2.16. The molecular weight excluding hydrogens is 300 g/mol. The molecule has 0 aliphatic carbocycles. The number of amides is 2. The Morgan fingerprint density at radius 2 is 2.45 bits per heavy atom. The number of nitrogens with zero attached hydrogens (tertiary/aromatic N) is 3. The molecule has 2 aromatic rings. The summed E-state index contributed by atoms with van der Waals surface area (Å²) in [5.41, 5.74) is 0. The van der Waals surface area contributed by atoms with Gasteiger partial charge >= 0.3 is 6.03 Å². The monoisotopic (exact) mass is 318 g/mol. The van der Waals surface area contributed by atoms with Crippen LogP contribution in [-0.2, 0) is 6.54 Å². The van der Waals surface area contributed by atoms with E-state index in [-0.39, 0.29) is 12.1 Å². The summed E-state index contributed by atoms with van der Waals surface area (Å²) in [5.74, 6) is 0.508. The molecule has 1 aliphatic rings. The van der Waals surface area contributed by atoms with Gasteiger partial charge in [-0.15, -0.1) is 11.3 Å². The molecule has 1 fully saturated rings. The van der Waals surface area contributed by atoms with Gasteiger partial charge in [0, 0.05) is 23.8 Å². The Kier molecular flexibility index (Phi) is 4.85. The van der Waals surface area contributed by atoms with Crippen LogP contribution >= 0.6 is 11.3 Å². The van der Waals surface area contributed by atoms with Crippen LogP contribution in [0.15, 0.2) is 36.1 Å². The lowest BCUT2D eigenvalue weighted by molar-refractivity contribution is 0.0974. The predicted octanol–water partition coefficient (Wildman–Crippen LogP) is 2.29. The third-order valence-electron chi connectivity index (χ3n) is 3.49. The van der Waals surface area contributed by atoms with Crippen LogP contribution in [0, 0.1) is 0 Å². The van der Waals surface area contributed by atoms with Crippen molar-refractivity contribution < 1.29 is 9.53 Å². The molecule has 116 valence electrons. The summed E-state index contributed by atoms with van der Waals surface area (Å²) < 4.78 is 5.79. The fourth-order valence-electron chi connectivity index (χ4n) is 2.42. The predicted molar refractivity (Wildman–Crippen MR) is 83.8 cm³/mol.